The lowest BCUT2D eigenvalue weighted by molar-refractivity contribution is 0.0530. The van der Waals surface area contributed by atoms with E-state index in [0.717, 1.165) is 19.1 Å². The van der Waals surface area contributed by atoms with Crippen LogP contribution < -0.4 is 0 Å². The van der Waals surface area contributed by atoms with E-state index in [9.17, 15) is 13.2 Å². The average Bonchev–Trinajstić information content (AvgIpc) is 2.36. The standard InChI is InChI=1S/C9H15NO5S/c1-16(13,14)15-8-4-6-2-3-7(5-8)10(6)9(11)12/h6-8H,2-5H2,1H3,(H,11,12)/t6-,7?,8+/m0/s1. The molecule has 0 aromatic carbocycles. The van der Waals surface area contributed by atoms with Gasteiger partial charge in [0.15, 0.2) is 0 Å². The van der Waals surface area contributed by atoms with Crippen LogP contribution >= 0.6 is 0 Å². The molecule has 0 aliphatic carbocycles. The Labute approximate surface area is 94.3 Å². The number of nitrogens with zero attached hydrogens (tertiary/aromatic N) is 1. The summed E-state index contributed by atoms with van der Waals surface area (Å²) in [5.74, 6) is 0. The monoisotopic (exact) mass is 249 g/mol. The molecule has 3 atom stereocenters. The van der Waals surface area contributed by atoms with Gasteiger partial charge in [-0.05, 0) is 25.7 Å². The maximum Gasteiger partial charge on any atom is 0.407 e. The molecule has 1 amide bonds. The maximum absolute atomic E-state index is 11.0. The summed E-state index contributed by atoms with van der Waals surface area (Å²) in [7, 11) is -3.45. The third-order valence-electron chi connectivity index (χ3n) is 3.22. The molecular weight excluding hydrogens is 234 g/mol. The summed E-state index contributed by atoms with van der Waals surface area (Å²) in [6.07, 6.45) is 2.33. The van der Waals surface area contributed by atoms with Crippen molar-refractivity contribution in [1.82, 2.24) is 4.90 Å². The lowest BCUT2D eigenvalue weighted by Gasteiger charge is -2.36. The van der Waals surface area contributed by atoms with Crippen molar-refractivity contribution in [2.24, 2.45) is 0 Å². The summed E-state index contributed by atoms with van der Waals surface area (Å²) in [6, 6.07) is -0.161. The topological polar surface area (TPSA) is 83.9 Å². The third kappa shape index (κ3) is 2.30. The quantitative estimate of drug-likeness (QED) is 0.726. The molecule has 7 heteroatoms. The molecule has 2 aliphatic heterocycles. The Morgan fingerprint density at radius 3 is 2.19 bits per heavy atom. The Balaban J connectivity index is 2.05. The van der Waals surface area contributed by atoms with Crippen molar-refractivity contribution in [3.05, 3.63) is 0 Å². The molecule has 0 aromatic rings. The van der Waals surface area contributed by atoms with E-state index < -0.39 is 16.2 Å². The molecule has 2 aliphatic rings. The van der Waals surface area contributed by atoms with Crippen molar-refractivity contribution >= 4 is 16.2 Å². The SMILES string of the molecule is CS(=O)(=O)O[C@H]1CC2CC[C@@H](C1)N2C(=O)O. The van der Waals surface area contributed by atoms with Crippen molar-refractivity contribution in [1.29, 1.82) is 0 Å². The van der Waals surface area contributed by atoms with E-state index in [2.05, 4.69) is 0 Å². The number of hydrogen-bond donors (Lipinski definition) is 1. The fourth-order valence-electron chi connectivity index (χ4n) is 2.77. The lowest BCUT2D eigenvalue weighted by atomic mass is 10.0. The van der Waals surface area contributed by atoms with E-state index in [4.69, 9.17) is 9.29 Å². The predicted octanol–water partition coefficient (Wildman–Crippen LogP) is 0.636. The van der Waals surface area contributed by atoms with E-state index in [1.54, 1.807) is 0 Å². The van der Waals surface area contributed by atoms with Crippen molar-refractivity contribution < 1.29 is 22.5 Å². The third-order valence-corrected chi connectivity index (χ3v) is 3.84. The van der Waals surface area contributed by atoms with Crippen LogP contribution in [0.1, 0.15) is 25.7 Å². The van der Waals surface area contributed by atoms with Crippen LogP contribution in [-0.4, -0.2) is 49.0 Å². The Bertz CT molecular complexity index is 379. The number of carbonyl (C=O) groups is 1. The molecule has 0 spiro atoms. The molecule has 2 heterocycles. The molecule has 2 fully saturated rings. The van der Waals surface area contributed by atoms with Crippen LogP contribution in [-0.2, 0) is 14.3 Å². The fraction of sp³-hybridized carbons (Fsp3) is 0.889. The van der Waals surface area contributed by atoms with Gasteiger partial charge in [0.1, 0.15) is 0 Å². The number of carboxylic acid groups (broad SMARTS) is 1. The minimum atomic E-state index is -3.45. The highest BCUT2D eigenvalue weighted by atomic mass is 32.2. The van der Waals surface area contributed by atoms with Crippen LogP contribution in [0, 0.1) is 0 Å². The highest BCUT2D eigenvalue weighted by Gasteiger charge is 2.44. The molecule has 0 radical (unpaired) electrons. The van der Waals surface area contributed by atoms with E-state index >= 15 is 0 Å². The second-order valence-electron chi connectivity index (χ2n) is 4.47. The van der Waals surface area contributed by atoms with Gasteiger partial charge in [-0.3, -0.25) is 4.18 Å². The van der Waals surface area contributed by atoms with Gasteiger partial charge >= 0.3 is 6.09 Å². The summed E-state index contributed by atoms with van der Waals surface area (Å²) in [4.78, 5) is 12.4. The molecule has 92 valence electrons. The zero-order valence-corrected chi connectivity index (χ0v) is 9.81. The van der Waals surface area contributed by atoms with Gasteiger partial charge in [-0.2, -0.15) is 8.42 Å². The van der Waals surface area contributed by atoms with E-state index in [1.807, 2.05) is 0 Å². The molecule has 2 saturated heterocycles. The number of fused-ring (bicyclic) bond motifs is 2. The Morgan fingerprint density at radius 2 is 1.81 bits per heavy atom. The Kier molecular flexibility index (Phi) is 2.83. The molecular formula is C9H15NO5S. The second kappa shape index (κ2) is 3.89. The van der Waals surface area contributed by atoms with Crippen molar-refractivity contribution in [3.8, 4) is 0 Å². The first-order valence-corrected chi connectivity index (χ1v) is 7.08. The molecule has 0 saturated carbocycles. The minimum absolute atomic E-state index is 0.0806. The van der Waals surface area contributed by atoms with Gasteiger partial charge in [-0.15, -0.1) is 0 Å². The number of amides is 1. The number of piperidine rings is 1. The molecule has 1 unspecified atom stereocenters. The van der Waals surface area contributed by atoms with Gasteiger partial charge in [-0.25, -0.2) is 4.79 Å². The summed E-state index contributed by atoms with van der Waals surface area (Å²) >= 11 is 0. The van der Waals surface area contributed by atoms with E-state index in [-0.39, 0.29) is 18.2 Å². The normalized spacial score (nSPS) is 34.1. The summed E-state index contributed by atoms with van der Waals surface area (Å²) in [5, 5.41) is 9.00. The first-order valence-electron chi connectivity index (χ1n) is 5.26. The van der Waals surface area contributed by atoms with Crippen LogP contribution in [0.15, 0.2) is 0 Å². The van der Waals surface area contributed by atoms with Crippen LogP contribution in [0.25, 0.3) is 0 Å². The molecule has 2 rings (SSSR count). The summed E-state index contributed by atoms with van der Waals surface area (Å²) in [6.45, 7) is 0. The second-order valence-corrected chi connectivity index (χ2v) is 6.07. The Hall–Kier alpha value is -0.820. The van der Waals surface area contributed by atoms with E-state index in [1.165, 1.54) is 4.90 Å². The van der Waals surface area contributed by atoms with Gasteiger partial charge in [0.25, 0.3) is 10.1 Å². The van der Waals surface area contributed by atoms with Crippen molar-refractivity contribution in [3.63, 3.8) is 0 Å². The molecule has 2 bridgehead atoms. The first kappa shape index (κ1) is 11.7. The van der Waals surface area contributed by atoms with Crippen LogP contribution in [0.5, 0.6) is 0 Å². The fourth-order valence-corrected chi connectivity index (χ4v) is 3.42. The van der Waals surface area contributed by atoms with Gasteiger partial charge < -0.3 is 10.0 Å². The zero-order chi connectivity index (χ0) is 11.9. The van der Waals surface area contributed by atoms with Gasteiger partial charge in [0.2, 0.25) is 0 Å². The number of hydrogen-bond acceptors (Lipinski definition) is 4. The summed E-state index contributed by atoms with van der Waals surface area (Å²) in [5.41, 5.74) is 0. The van der Waals surface area contributed by atoms with Gasteiger partial charge in [0.05, 0.1) is 12.4 Å². The van der Waals surface area contributed by atoms with Crippen LogP contribution in [0.2, 0.25) is 0 Å². The lowest BCUT2D eigenvalue weighted by Crippen LogP contribution is -2.48. The highest BCUT2D eigenvalue weighted by molar-refractivity contribution is 7.86. The van der Waals surface area contributed by atoms with E-state index in [0.29, 0.717) is 12.8 Å². The largest absolute Gasteiger partial charge is 0.465 e. The molecule has 6 nitrogen and oxygen atoms in total. The van der Waals surface area contributed by atoms with Crippen molar-refractivity contribution in [2.45, 2.75) is 43.9 Å². The number of rotatable bonds is 2. The van der Waals surface area contributed by atoms with Crippen LogP contribution in [0.4, 0.5) is 4.79 Å². The molecule has 1 N–H and O–H groups in total. The maximum atomic E-state index is 11.0. The summed E-state index contributed by atoms with van der Waals surface area (Å²) < 4.78 is 26.9. The highest BCUT2D eigenvalue weighted by Crippen LogP contribution is 2.37. The predicted molar refractivity (Wildman–Crippen MR) is 55.6 cm³/mol. The minimum Gasteiger partial charge on any atom is -0.465 e. The van der Waals surface area contributed by atoms with Crippen LogP contribution in [0.3, 0.4) is 0 Å². The smallest absolute Gasteiger partial charge is 0.407 e. The molecule has 16 heavy (non-hydrogen) atoms. The average molecular weight is 249 g/mol. The zero-order valence-electron chi connectivity index (χ0n) is 9.00. The first-order chi connectivity index (χ1) is 7.37. The Morgan fingerprint density at radius 1 is 1.31 bits per heavy atom. The molecule has 0 aromatic heterocycles. The van der Waals surface area contributed by atoms with Gasteiger partial charge in [0, 0.05) is 12.1 Å². The van der Waals surface area contributed by atoms with Crippen molar-refractivity contribution in [2.75, 3.05) is 6.26 Å². The van der Waals surface area contributed by atoms with Gasteiger partial charge in [-0.1, -0.05) is 0 Å².